The van der Waals surface area contributed by atoms with Crippen LogP contribution in [0.1, 0.15) is 41.5 Å². The molecule has 0 radical (unpaired) electrons. The fourth-order valence-corrected chi connectivity index (χ4v) is 4.17. The van der Waals surface area contributed by atoms with E-state index in [-0.39, 0.29) is 0 Å². The van der Waals surface area contributed by atoms with E-state index < -0.39 is 0 Å². The molecule has 2 aromatic carbocycles. The smallest absolute Gasteiger partial charge is 0.0127 e. The van der Waals surface area contributed by atoms with Crippen molar-refractivity contribution in [3.05, 3.63) is 76.9 Å². The average Bonchev–Trinajstić information content (AvgIpc) is 2.92. The van der Waals surface area contributed by atoms with Crippen LogP contribution in [0, 0.1) is 0 Å². The molecule has 0 bridgehead atoms. The van der Waals surface area contributed by atoms with Crippen molar-refractivity contribution in [3.63, 3.8) is 0 Å². The summed E-state index contributed by atoms with van der Waals surface area (Å²) in [5.41, 5.74) is 7.33. The number of fused-ring (bicyclic) bond motifs is 2. The highest BCUT2D eigenvalue weighted by molar-refractivity contribution is 5.83. The first-order chi connectivity index (χ1) is 11.3. The molecule has 1 fully saturated rings. The summed E-state index contributed by atoms with van der Waals surface area (Å²) in [6.45, 7) is 1.25. The molecular formula is C22H25N. The van der Waals surface area contributed by atoms with E-state index in [0.717, 1.165) is 19.3 Å². The largest absolute Gasteiger partial charge is 0.303 e. The minimum Gasteiger partial charge on any atom is -0.303 e. The molecule has 1 saturated heterocycles. The Kier molecular flexibility index (Phi) is 4.05. The van der Waals surface area contributed by atoms with Gasteiger partial charge in [0.2, 0.25) is 0 Å². The van der Waals surface area contributed by atoms with E-state index in [0.29, 0.717) is 6.04 Å². The zero-order valence-electron chi connectivity index (χ0n) is 14.0. The second kappa shape index (κ2) is 6.33. The molecule has 23 heavy (non-hydrogen) atoms. The van der Waals surface area contributed by atoms with Gasteiger partial charge in [-0.2, -0.15) is 0 Å². The van der Waals surface area contributed by atoms with Crippen molar-refractivity contribution < 1.29 is 0 Å². The highest BCUT2D eigenvalue weighted by atomic mass is 15.1. The minimum absolute atomic E-state index is 0.713. The fraction of sp³-hybridized carbons (Fsp3) is 0.364. The third-order valence-corrected chi connectivity index (χ3v) is 5.54. The van der Waals surface area contributed by atoms with Gasteiger partial charge in [-0.05, 0) is 73.5 Å². The molecule has 0 saturated carbocycles. The molecule has 2 aromatic rings. The van der Waals surface area contributed by atoms with E-state index in [4.69, 9.17) is 0 Å². The van der Waals surface area contributed by atoms with Crippen LogP contribution in [0.5, 0.6) is 0 Å². The molecule has 4 rings (SSSR count). The van der Waals surface area contributed by atoms with Crippen LogP contribution in [-0.2, 0) is 12.8 Å². The summed E-state index contributed by atoms with van der Waals surface area (Å²) in [4.78, 5) is 2.52. The molecular weight excluding hydrogens is 278 g/mol. The van der Waals surface area contributed by atoms with Crippen molar-refractivity contribution in [1.29, 1.82) is 0 Å². The molecule has 1 atom stereocenters. The fourth-order valence-electron chi connectivity index (χ4n) is 4.17. The highest BCUT2D eigenvalue weighted by Crippen LogP contribution is 2.34. The summed E-state index contributed by atoms with van der Waals surface area (Å²) in [5, 5.41) is 0. The summed E-state index contributed by atoms with van der Waals surface area (Å²) >= 11 is 0. The Hall–Kier alpha value is -1.86. The van der Waals surface area contributed by atoms with Crippen LogP contribution < -0.4 is 0 Å². The van der Waals surface area contributed by atoms with Gasteiger partial charge >= 0.3 is 0 Å². The maximum Gasteiger partial charge on any atom is 0.0127 e. The zero-order valence-corrected chi connectivity index (χ0v) is 14.0. The quantitative estimate of drug-likeness (QED) is 0.777. The maximum atomic E-state index is 2.52. The van der Waals surface area contributed by atoms with E-state index in [1.165, 1.54) is 47.2 Å². The summed E-state index contributed by atoms with van der Waals surface area (Å²) in [7, 11) is 2.27. The maximum absolute atomic E-state index is 2.52. The van der Waals surface area contributed by atoms with Gasteiger partial charge < -0.3 is 4.90 Å². The zero-order chi connectivity index (χ0) is 15.6. The van der Waals surface area contributed by atoms with Gasteiger partial charge in [0.25, 0.3) is 0 Å². The summed E-state index contributed by atoms with van der Waals surface area (Å²) < 4.78 is 0. The number of benzene rings is 2. The van der Waals surface area contributed by atoms with Gasteiger partial charge in [0.05, 0.1) is 0 Å². The number of hydrogen-bond acceptors (Lipinski definition) is 1. The van der Waals surface area contributed by atoms with Crippen molar-refractivity contribution in [2.24, 2.45) is 0 Å². The van der Waals surface area contributed by atoms with E-state index in [1.54, 1.807) is 0 Å². The van der Waals surface area contributed by atoms with Gasteiger partial charge in [0.1, 0.15) is 0 Å². The standard InChI is InChI=1S/C22H25N/c1-23-16-6-9-19(23)14-15-22-20-10-4-2-7-17(20)12-13-18-8-3-5-11-21(18)22/h2-5,7-8,10-11,15,19H,6,9,12-14,16H2,1H3. The molecule has 0 N–H and O–H groups in total. The lowest BCUT2D eigenvalue weighted by Gasteiger charge is -2.19. The lowest BCUT2D eigenvalue weighted by atomic mass is 9.92. The summed E-state index contributed by atoms with van der Waals surface area (Å²) in [6.07, 6.45) is 8.65. The predicted molar refractivity (Wildman–Crippen MR) is 97.6 cm³/mol. The van der Waals surface area contributed by atoms with Crippen molar-refractivity contribution in [2.75, 3.05) is 13.6 Å². The Bertz CT molecular complexity index is 679. The number of rotatable bonds is 2. The molecule has 2 aliphatic rings. The van der Waals surface area contributed by atoms with Gasteiger partial charge in [0, 0.05) is 6.04 Å². The molecule has 1 nitrogen and oxygen atoms in total. The Morgan fingerprint density at radius 1 is 0.957 bits per heavy atom. The monoisotopic (exact) mass is 303 g/mol. The Balaban J connectivity index is 1.77. The number of likely N-dealkylation sites (tertiary alicyclic amines) is 1. The van der Waals surface area contributed by atoms with Crippen molar-refractivity contribution >= 4 is 5.57 Å². The highest BCUT2D eigenvalue weighted by Gasteiger charge is 2.21. The van der Waals surface area contributed by atoms with Crippen molar-refractivity contribution in [3.8, 4) is 0 Å². The molecule has 1 aliphatic carbocycles. The van der Waals surface area contributed by atoms with Crippen molar-refractivity contribution in [1.82, 2.24) is 4.90 Å². The number of nitrogens with zero attached hydrogens (tertiary/aromatic N) is 1. The molecule has 1 unspecified atom stereocenters. The molecule has 0 spiro atoms. The second-order valence-electron chi connectivity index (χ2n) is 6.94. The lowest BCUT2D eigenvalue weighted by Crippen LogP contribution is -2.24. The first-order valence-electron chi connectivity index (χ1n) is 8.90. The van der Waals surface area contributed by atoms with Crippen LogP contribution >= 0.6 is 0 Å². The van der Waals surface area contributed by atoms with Crippen molar-refractivity contribution in [2.45, 2.75) is 38.1 Å². The average molecular weight is 303 g/mol. The molecule has 1 heterocycles. The molecule has 1 aliphatic heterocycles. The third-order valence-electron chi connectivity index (χ3n) is 5.54. The summed E-state index contributed by atoms with van der Waals surface area (Å²) in [5.74, 6) is 0. The SMILES string of the molecule is CN1CCCC1CC=C1c2ccccc2CCc2ccccc21. The molecule has 118 valence electrons. The van der Waals surface area contributed by atoms with Crippen LogP contribution in [-0.4, -0.2) is 24.5 Å². The third kappa shape index (κ3) is 2.86. The van der Waals surface area contributed by atoms with E-state index in [1.807, 2.05) is 0 Å². The van der Waals surface area contributed by atoms with Gasteiger partial charge in [0.15, 0.2) is 0 Å². The topological polar surface area (TPSA) is 3.24 Å². The lowest BCUT2D eigenvalue weighted by molar-refractivity contribution is 0.313. The van der Waals surface area contributed by atoms with Crippen LogP contribution in [0.25, 0.3) is 5.57 Å². The predicted octanol–water partition coefficient (Wildman–Crippen LogP) is 4.70. The van der Waals surface area contributed by atoms with Crippen LogP contribution in [0.15, 0.2) is 54.6 Å². The first kappa shape index (κ1) is 14.7. The Labute approximate surface area is 139 Å². The van der Waals surface area contributed by atoms with Gasteiger partial charge in [-0.1, -0.05) is 54.6 Å². The number of hydrogen-bond donors (Lipinski definition) is 0. The van der Waals surface area contributed by atoms with E-state index in [9.17, 15) is 0 Å². The second-order valence-corrected chi connectivity index (χ2v) is 6.94. The minimum atomic E-state index is 0.713. The summed E-state index contributed by atoms with van der Waals surface area (Å²) in [6, 6.07) is 18.7. The normalized spacial score (nSPS) is 20.7. The first-order valence-corrected chi connectivity index (χ1v) is 8.90. The Morgan fingerprint density at radius 3 is 2.13 bits per heavy atom. The van der Waals surface area contributed by atoms with Crippen LogP contribution in [0.2, 0.25) is 0 Å². The molecule has 1 heteroatoms. The molecule has 0 amide bonds. The van der Waals surface area contributed by atoms with Gasteiger partial charge in [-0.3, -0.25) is 0 Å². The van der Waals surface area contributed by atoms with Gasteiger partial charge in [-0.15, -0.1) is 0 Å². The van der Waals surface area contributed by atoms with Crippen LogP contribution in [0.4, 0.5) is 0 Å². The van der Waals surface area contributed by atoms with Gasteiger partial charge in [-0.25, -0.2) is 0 Å². The van der Waals surface area contributed by atoms with Crippen LogP contribution in [0.3, 0.4) is 0 Å². The number of aryl methyl sites for hydroxylation is 2. The van der Waals surface area contributed by atoms with E-state index >= 15 is 0 Å². The Morgan fingerprint density at radius 2 is 1.57 bits per heavy atom. The molecule has 0 aromatic heterocycles. The van der Waals surface area contributed by atoms with E-state index in [2.05, 4.69) is 66.6 Å².